The number of carbonyl (C=O) groups is 12. The minimum absolute atomic E-state index is 0.0321. The van der Waals surface area contributed by atoms with E-state index in [1.807, 2.05) is 0 Å². The second-order valence-electron chi connectivity index (χ2n) is 27.1. The van der Waals surface area contributed by atoms with E-state index in [2.05, 4.69) is 31.9 Å². The Bertz CT molecular complexity index is 2400. The Hall–Kier alpha value is -6.40. The van der Waals surface area contributed by atoms with Gasteiger partial charge in [-0.2, -0.15) is 0 Å². The van der Waals surface area contributed by atoms with Gasteiger partial charge in [0.05, 0.1) is 11.7 Å². The lowest BCUT2D eigenvalue weighted by molar-refractivity contribution is -0.169. The molecule has 0 aromatic carbocycles. The SMILES string of the molecule is CC(C)C[C@H]1OC(=O)[C@H](C(C)C)NC(=O)[C@H](C)OC(=O)[C@@H](C(C)C)NC(=O)[C@@H](CC2CCCCC2)OC(=O)[C@H]([C@@H](C)OC(C)(C)C)NC(=O)[C@H](C)OC(=O)[C@@H](C(C)C)NC(=O)[C@@H](CC(C)C)OC(=O)[C@H](C(C)C)NC(=O)[C@H](C)OC(=O)[C@@H](C(C)C)NC1=O. The van der Waals surface area contributed by atoms with Crippen molar-refractivity contribution in [3.63, 3.8) is 0 Å². The molecule has 1 aliphatic heterocycles. The Labute approximate surface area is 520 Å². The van der Waals surface area contributed by atoms with Crippen LogP contribution < -0.4 is 31.9 Å². The molecule has 0 spiro atoms. The number of esters is 6. The third kappa shape index (κ3) is 25.6. The molecule has 6 amide bonds. The molecule has 0 radical (unpaired) electrons. The first-order valence-corrected chi connectivity index (χ1v) is 31.4. The summed E-state index contributed by atoms with van der Waals surface area (Å²) in [5.41, 5.74) is -0.890. The largest absolute Gasteiger partial charge is 0.451 e. The fraction of sp³-hybridized carbons (Fsp3) is 0.810. The van der Waals surface area contributed by atoms with Crippen LogP contribution in [0.25, 0.3) is 0 Å². The van der Waals surface area contributed by atoms with Crippen LogP contribution in [0.15, 0.2) is 0 Å². The summed E-state index contributed by atoms with van der Waals surface area (Å²) in [6.07, 6.45) is -6.40. The van der Waals surface area contributed by atoms with Crippen LogP contribution in [0.3, 0.4) is 0 Å². The number of nitrogens with one attached hydrogen (secondary N) is 6. The van der Waals surface area contributed by atoms with Gasteiger partial charge >= 0.3 is 35.8 Å². The molecule has 2 rings (SSSR count). The maximum absolute atomic E-state index is 14.6. The van der Waals surface area contributed by atoms with Crippen molar-refractivity contribution in [2.45, 2.75) is 281 Å². The van der Waals surface area contributed by atoms with Gasteiger partial charge in [0.1, 0.15) is 30.2 Å². The first-order valence-electron chi connectivity index (χ1n) is 31.4. The summed E-state index contributed by atoms with van der Waals surface area (Å²) in [5, 5.41) is 15.5. The number of cyclic esters (lactones) is 6. The highest BCUT2D eigenvalue weighted by atomic mass is 16.6. The average Bonchev–Trinajstić information content (AvgIpc) is 1.37. The van der Waals surface area contributed by atoms with Gasteiger partial charge in [0, 0.05) is 0 Å². The minimum atomic E-state index is -1.62. The molecule has 502 valence electrons. The van der Waals surface area contributed by atoms with Gasteiger partial charge in [0.2, 0.25) is 0 Å². The number of amides is 6. The summed E-state index contributed by atoms with van der Waals surface area (Å²) in [6.45, 7) is 33.4. The summed E-state index contributed by atoms with van der Waals surface area (Å²) < 4.78 is 40.6. The van der Waals surface area contributed by atoms with Gasteiger partial charge in [-0.1, -0.05) is 129 Å². The van der Waals surface area contributed by atoms with E-state index in [9.17, 15) is 57.5 Å². The van der Waals surface area contributed by atoms with Crippen LogP contribution in [0.4, 0.5) is 0 Å². The molecule has 1 heterocycles. The number of hydrogen-bond donors (Lipinski definition) is 6. The van der Waals surface area contributed by atoms with Crippen molar-refractivity contribution in [3.8, 4) is 0 Å². The lowest BCUT2D eigenvalue weighted by atomic mass is 9.85. The van der Waals surface area contributed by atoms with Gasteiger partial charge in [-0.05, 0) is 115 Å². The van der Waals surface area contributed by atoms with E-state index in [0.717, 1.165) is 19.3 Å². The van der Waals surface area contributed by atoms with Gasteiger partial charge in [0.25, 0.3) is 35.4 Å². The van der Waals surface area contributed by atoms with E-state index >= 15 is 0 Å². The smallest absolute Gasteiger partial charge is 0.332 e. The Morgan fingerprint density at radius 3 is 0.898 bits per heavy atom. The minimum Gasteiger partial charge on any atom is -0.451 e. The van der Waals surface area contributed by atoms with Crippen LogP contribution in [-0.4, -0.2) is 156 Å². The van der Waals surface area contributed by atoms with E-state index in [1.54, 1.807) is 118 Å². The topological polar surface area (TPSA) is 342 Å². The third-order valence-electron chi connectivity index (χ3n) is 14.9. The van der Waals surface area contributed by atoms with E-state index in [4.69, 9.17) is 33.2 Å². The zero-order valence-electron chi connectivity index (χ0n) is 56.0. The molecular weight excluding hydrogens is 1140 g/mol. The number of rotatable bonds is 13. The van der Waals surface area contributed by atoms with Gasteiger partial charge in [-0.3, -0.25) is 28.8 Å². The number of carbonyl (C=O) groups excluding carboxylic acids is 12. The van der Waals surface area contributed by atoms with E-state index < -0.39 is 185 Å². The molecule has 1 saturated heterocycles. The Morgan fingerprint density at radius 2 is 0.614 bits per heavy atom. The molecule has 0 aromatic heterocycles. The molecule has 6 N–H and O–H groups in total. The fourth-order valence-electron chi connectivity index (χ4n) is 9.78. The van der Waals surface area contributed by atoms with Crippen LogP contribution in [0.5, 0.6) is 0 Å². The lowest BCUT2D eigenvalue weighted by Crippen LogP contribution is -2.56. The predicted octanol–water partition coefficient (Wildman–Crippen LogP) is 4.99. The van der Waals surface area contributed by atoms with Crippen molar-refractivity contribution < 1.29 is 90.7 Å². The molecule has 88 heavy (non-hydrogen) atoms. The molecule has 0 unspecified atom stereocenters. The van der Waals surface area contributed by atoms with Crippen molar-refractivity contribution in [2.24, 2.45) is 47.3 Å². The second-order valence-corrected chi connectivity index (χ2v) is 27.1. The molecular formula is C63H106N6O19. The first kappa shape index (κ1) is 77.7. The van der Waals surface area contributed by atoms with E-state index in [-0.39, 0.29) is 37.0 Å². The normalized spacial score (nSPS) is 28.6. The summed E-state index contributed by atoms with van der Waals surface area (Å²) in [4.78, 5) is 169. The third-order valence-corrected chi connectivity index (χ3v) is 14.9. The summed E-state index contributed by atoms with van der Waals surface area (Å²) in [7, 11) is 0. The van der Waals surface area contributed by atoms with E-state index in [1.165, 1.54) is 27.7 Å². The molecule has 1 saturated carbocycles. The highest BCUT2D eigenvalue weighted by molar-refractivity contribution is 5.96. The monoisotopic (exact) mass is 1250 g/mol. The van der Waals surface area contributed by atoms with Crippen molar-refractivity contribution in [1.82, 2.24) is 31.9 Å². The second kappa shape index (κ2) is 35.7. The number of ether oxygens (including phenoxy) is 7. The molecule has 25 heteroatoms. The Kier molecular flexibility index (Phi) is 31.5. The summed E-state index contributed by atoms with van der Waals surface area (Å²) >= 11 is 0. The highest BCUT2D eigenvalue weighted by Gasteiger charge is 2.42. The quantitative estimate of drug-likeness (QED) is 0.105. The Morgan fingerprint density at radius 1 is 0.364 bits per heavy atom. The van der Waals surface area contributed by atoms with Gasteiger partial charge in [0.15, 0.2) is 42.7 Å². The van der Waals surface area contributed by atoms with Crippen LogP contribution >= 0.6 is 0 Å². The Balaban J connectivity index is 2.81. The molecule has 13 atom stereocenters. The van der Waals surface area contributed by atoms with E-state index in [0.29, 0.717) is 12.8 Å². The van der Waals surface area contributed by atoms with Crippen LogP contribution in [0, 0.1) is 47.3 Å². The summed E-state index contributed by atoms with van der Waals surface area (Å²) in [5.74, 6) is -15.7. The van der Waals surface area contributed by atoms with Crippen molar-refractivity contribution in [1.29, 1.82) is 0 Å². The van der Waals surface area contributed by atoms with Gasteiger partial charge in [-0.25, -0.2) is 28.8 Å². The first-order chi connectivity index (χ1) is 40.6. The fourth-order valence-corrected chi connectivity index (χ4v) is 9.78. The van der Waals surface area contributed by atoms with Crippen molar-refractivity contribution >= 4 is 71.3 Å². The maximum Gasteiger partial charge on any atom is 0.332 e. The lowest BCUT2D eigenvalue weighted by Gasteiger charge is -2.33. The van der Waals surface area contributed by atoms with Crippen LogP contribution in [0.2, 0.25) is 0 Å². The molecule has 0 bridgehead atoms. The van der Waals surface area contributed by atoms with Crippen LogP contribution in [0.1, 0.15) is 197 Å². The standard InChI is InChI=1S/C63H106N6O19/c1-30(2)27-42-54(73)66-45(32(5)6)57(76)82-38(16)51(70)64-48(35(11)12)60(79)86-43(28-31(3)4)55(74)67-46(33(7)8)58(77)84-40(18)53(72)69-50(37(15)88-63(19,20)21)62(81)87-44(29-41-25-23-22-24-26-41)56(75)68-47(34(9)10)59(78)83-39(17)52(71)65-49(36(13)14)61(80)85-42/h30-50H,22-29H2,1-21H3,(H,64,70)(H,65,71)(H,66,73)(H,67,74)(H,68,75)(H,69,72)/t37-,38+,39+,40+,42-,43-,44-,45-,46-,47-,48+,49+,50+/m1/s1. The molecule has 0 aromatic rings. The van der Waals surface area contributed by atoms with Crippen molar-refractivity contribution in [3.05, 3.63) is 0 Å². The molecule has 2 fully saturated rings. The average molecular weight is 1250 g/mol. The highest BCUT2D eigenvalue weighted by Crippen LogP contribution is 2.29. The molecule has 1 aliphatic carbocycles. The summed E-state index contributed by atoms with van der Waals surface area (Å²) in [6, 6.07) is -8.67. The van der Waals surface area contributed by atoms with Crippen molar-refractivity contribution in [2.75, 3.05) is 0 Å². The molecule has 2 aliphatic rings. The predicted molar refractivity (Wildman–Crippen MR) is 322 cm³/mol. The van der Waals surface area contributed by atoms with Gasteiger partial charge < -0.3 is 65.1 Å². The zero-order valence-corrected chi connectivity index (χ0v) is 56.0. The van der Waals surface area contributed by atoms with Gasteiger partial charge in [-0.15, -0.1) is 0 Å². The van der Waals surface area contributed by atoms with Crippen LogP contribution in [-0.2, 0) is 90.7 Å². The number of hydrogen-bond acceptors (Lipinski definition) is 19. The molecule has 25 nitrogen and oxygen atoms in total. The zero-order chi connectivity index (χ0) is 67.4. The maximum atomic E-state index is 14.6.